The number of carbonyl (C=O) groups is 2. The van der Waals surface area contributed by atoms with Crippen LogP contribution >= 0.6 is 0 Å². The quantitative estimate of drug-likeness (QED) is 0.370. The van der Waals surface area contributed by atoms with Crippen molar-refractivity contribution < 1.29 is 23.8 Å². The summed E-state index contributed by atoms with van der Waals surface area (Å²) in [7, 11) is 0. The summed E-state index contributed by atoms with van der Waals surface area (Å²) in [5.41, 5.74) is 4.13. The van der Waals surface area contributed by atoms with Gasteiger partial charge >= 0.3 is 12.1 Å². The van der Waals surface area contributed by atoms with Crippen LogP contribution in [-0.2, 0) is 33.9 Å². The molecular weight excluding hydrogens is 454 g/mol. The third-order valence-electron chi connectivity index (χ3n) is 5.53. The lowest BCUT2D eigenvalue weighted by Gasteiger charge is -2.24. The van der Waals surface area contributed by atoms with Gasteiger partial charge in [0, 0.05) is 6.42 Å². The molecule has 6 heteroatoms. The Bertz CT molecular complexity index is 1130. The van der Waals surface area contributed by atoms with E-state index in [1.807, 2.05) is 86.6 Å². The molecule has 0 heterocycles. The molecular formula is C30H35NO5. The van der Waals surface area contributed by atoms with Crippen molar-refractivity contribution in [2.75, 3.05) is 0 Å². The molecule has 0 aliphatic heterocycles. The van der Waals surface area contributed by atoms with Gasteiger partial charge in [0.1, 0.15) is 30.6 Å². The van der Waals surface area contributed by atoms with E-state index in [0.29, 0.717) is 6.61 Å². The molecule has 190 valence electrons. The third kappa shape index (κ3) is 8.45. The van der Waals surface area contributed by atoms with E-state index in [-0.39, 0.29) is 13.0 Å². The first-order valence-electron chi connectivity index (χ1n) is 12.1. The number of rotatable bonds is 9. The van der Waals surface area contributed by atoms with Crippen molar-refractivity contribution in [3.63, 3.8) is 0 Å². The van der Waals surface area contributed by atoms with Crippen LogP contribution in [0, 0.1) is 13.8 Å². The molecule has 0 fully saturated rings. The van der Waals surface area contributed by atoms with Crippen LogP contribution in [0.4, 0.5) is 4.79 Å². The van der Waals surface area contributed by atoms with Gasteiger partial charge in [-0.15, -0.1) is 0 Å². The second kappa shape index (κ2) is 12.2. The molecule has 0 aliphatic rings. The molecule has 0 spiro atoms. The number of ether oxygens (including phenoxy) is 3. The number of amides is 1. The lowest BCUT2D eigenvalue weighted by Crippen LogP contribution is -2.45. The zero-order valence-electron chi connectivity index (χ0n) is 21.7. The molecule has 0 saturated heterocycles. The van der Waals surface area contributed by atoms with Crippen molar-refractivity contribution in [3.05, 3.63) is 101 Å². The van der Waals surface area contributed by atoms with Gasteiger partial charge in [0.25, 0.3) is 0 Å². The molecule has 0 saturated carbocycles. The molecule has 3 aromatic carbocycles. The number of carbonyl (C=O) groups excluding carboxylic acids is 2. The van der Waals surface area contributed by atoms with Gasteiger partial charge in [-0.1, -0.05) is 60.7 Å². The molecule has 0 aromatic heterocycles. The minimum absolute atomic E-state index is 0.121. The Hall–Kier alpha value is -3.80. The summed E-state index contributed by atoms with van der Waals surface area (Å²) >= 11 is 0. The summed E-state index contributed by atoms with van der Waals surface area (Å²) in [6, 6.07) is 22.4. The normalized spacial score (nSPS) is 11.9. The zero-order valence-corrected chi connectivity index (χ0v) is 21.7. The van der Waals surface area contributed by atoms with Crippen molar-refractivity contribution in [1.29, 1.82) is 0 Å². The molecule has 3 rings (SSSR count). The van der Waals surface area contributed by atoms with E-state index >= 15 is 0 Å². The first-order valence-corrected chi connectivity index (χ1v) is 12.1. The molecule has 6 nitrogen and oxygen atoms in total. The lowest BCUT2D eigenvalue weighted by molar-refractivity contribution is -0.147. The highest BCUT2D eigenvalue weighted by atomic mass is 16.6. The highest BCUT2D eigenvalue weighted by Crippen LogP contribution is 2.24. The Labute approximate surface area is 213 Å². The first-order chi connectivity index (χ1) is 17.1. The van der Waals surface area contributed by atoms with Gasteiger partial charge in [-0.2, -0.15) is 0 Å². The molecule has 0 unspecified atom stereocenters. The van der Waals surface area contributed by atoms with E-state index < -0.39 is 23.7 Å². The Kier molecular flexibility index (Phi) is 9.12. The van der Waals surface area contributed by atoms with Gasteiger partial charge in [0.05, 0.1) is 0 Å². The number of alkyl carbamates (subject to hydrolysis) is 1. The van der Waals surface area contributed by atoms with Gasteiger partial charge in [0.2, 0.25) is 0 Å². The van der Waals surface area contributed by atoms with Crippen molar-refractivity contribution in [1.82, 2.24) is 5.32 Å². The molecule has 1 amide bonds. The standard InChI is InChI=1S/C30H35NO5/c1-21-16-25(34-19-23-12-8-6-9-13-23)17-22(2)26(21)18-27(31-29(33)36-30(3,4)5)28(32)35-20-24-14-10-7-11-15-24/h6-17,27H,18-20H2,1-5H3,(H,31,33)/t27-/m0/s1. The van der Waals surface area contributed by atoms with Gasteiger partial charge in [0.15, 0.2) is 0 Å². The summed E-state index contributed by atoms with van der Waals surface area (Å²) in [5.74, 6) is 0.230. The Balaban J connectivity index is 1.74. The van der Waals surface area contributed by atoms with Crippen LogP contribution in [0.15, 0.2) is 72.8 Å². The molecule has 3 aromatic rings. The van der Waals surface area contributed by atoms with E-state index in [9.17, 15) is 9.59 Å². The largest absolute Gasteiger partial charge is 0.489 e. The minimum atomic E-state index is -0.906. The van der Waals surface area contributed by atoms with Gasteiger partial charge in [-0.25, -0.2) is 9.59 Å². The minimum Gasteiger partial charge on any atom is -0.489 e. The maximum Gasteiger partial charge on any atom is 0.408 e. The Morgan fingerprint density at radius 3 is 1.89 bits per heavy atom. The molecule has 0 radical (unpaired) electrons. The van der Waals surface area contributed by atoms with Crippen molar-refractivity contribution in [2.45, 2.75) is 65.9 Å². The lowest BCUT2D eigenvalue weighted by atomic mass is 9.96. The zero-order chi connectivity index (χ0) is 26.1. The monoisotopic (exact) mass is 489 g/mol. The van der Waals surface area contributed by atoms with Crippen LogP contribution in [0.1, 0.15) is 48.6 Å². The first kappa shape index (κ1) is 26.8. The van der Waals surface area contributed by atoms with Crippen LogP contribution in [0.5, 0.6) is 5.75 Å². The van der Waals surface area contributed by atoms with Crippen LogP contribution < -0.4 is 10.1 Å². The summed E-state index contributed by atoms with van der Waals surface area (Å²) in [5, 5.41) is 2.71. The van der Waals surface area contributed by atoms with E-state index in [1.54, 1.807) is 20.8 Å². The van der Waals surface area contributed by atoms with E-state index in [2.05, 4.69) is 5.32 Å². The fourth-order valence-corrected chi connectivity index (χ4v) is 3.78. The summed E-state index contributed by atoms with van der Waals surface area (Å²) in [6.45, 7) is 9.85. The van der Waals surface area contributed by atoms with Crippen molar-refractivity contribution in [2.24, 2.45) is 0 Å². The number of aryl methyl sites for hydroxylation is 2. The fourth-order valence-electron chi connectivity index (χ4n) is 3.78. The average Bonchev–Trinajstić information content (AvgIpc) is 2.83. The van der Waals surface area contributed by atoms with Crippen LogP contribution in [0.3, 0.4) is 0 Å². The summed E-state index contributed by atoms with van der Waals surface area (Å²) in [6.07, 6.45) is -0.397. The average molecular weight is 490 g/mol. The molecule has 36 heavy (non-hydrogen) atoms. The Morgan fingerprint density at radius 2 is 1.36 bits per heavy atom. The van der Waals surface area contributed by atoms with Gasteiger partial charge < -0.3 is 19.5 Å². The summed E-state index contributed by atoms with van der Waals surface area (Å²) < 4.78 is 16.9. The van der Waals surface area contributed by atoms with E-state index in [4.69, 9.17) is 14.2 Å². The highest BCUT2D eigenvalue weighted by Gasteiger charge is 2.27. The summed E-state index contributed by atoms with van der Waals surface area (Å²) in [4.78, 5) is 25.6. The fraction of sp³-hybridized carbons (Fsp3) is 0.333. The molecule has 0 aliphatic carbocycles. The van der Waals surface area contributed by atoms with Crippen LogP contribution in [0.25, 0.3) is 0 Å². The Morgan fingerprint density at radius 1 is 0.833 bits per heavy atom. The molecule has 1 N–H and O–H groups in total. The van der Waals surface area contributed by atoms with E-state index in [0.717, 1.165) is 33.6 Å². The number of hydrogen-bond acceptors (Lipinski definition) is 5. The van der Waals surface area contributed by atoms with Gasteiger partial charge in [-0.05, 0) is 74.6 Å². The van der Waals surface area contributed by atoms with Crippen LogP contribution in [0.2, 0.25) is 0 Å². The second-order valence-corrected chi connectivity index (χ2v) is 9.81. The predicted octanol–water partition coefficient (Wildman–Crippen LogP) is 6.06. The topological polar surface area (TPSA) is 73.9 Å². The number of esters is 1. The SMILES string of the molecule is Cc1cc(OCc2ccccc2)cc(C)c1C[C@H](NC(=O)OC(C)(C)C)C(=O)OCc1ccccc1. The third-order valence-corrected chi connectivity index (χ3v) is 5.53. The highest BCUT2D eigenvalue weighted by molar-refractivity contribution is 5.82. The second-order valence-electron chi connectivity index (χ2n) is 9.81. The smallest absolute Gasteiger partial charge is 0.408 e. The van der Waals surface area contributed by atoms with E-state index in [1.165, 1.54) is 0 Å². The molecule has 0 bridgehead atoms. The van der Waals surface area contributed by atoms with Gasteiger partial charge in [-0.3, -0.25) is 0 Å². The molecule has 1 atom stereocenters. The maximum absolute atomic E-state index is 13.1. The number of hydrogen-bond donors (Lipinski definition) is 1. The van der Waals surface area contributed by atoms with Crippen molar-refractivity contribution >= 4 is 12.1 Å². The number of benzene rings is 3. The maximum atomic E-state index is 13.1. The van der Waals surface area contributed by atoms with Crippen LogP contribution in [-0.4, -0.2) is 23.7 Å². The number of nitrogens with one attached hydrogen (secondary N) is 1. The predicted molar refractivity (Wildman–Crippen MR) is 140 cm³/mol. The van der Waals surface area contributed by atoms with Crippen molar-refractivity contribution in [3.8, 4) is 5.75 Å².